The molecule has 4 N–H and O–H groups in total. The van der Waals surface area contributed by atoms with Crippen molar-refractivity contribution in [1.82, 2.24) is 4.90 Å². The number of carbonyl (C=O) groups excluding carboxylic acids is 1. The van der Waals surface area contributed by atoms with Crippen molar-refractivity contribution in [1.29, 1.82) is 0 Å². The second kappa shape index (κ2) is 17.3. The average Bonchev–Trinajstić information content (AvgIpc) is 2.57. The number of hydrogen-bond acceptors (Lipinski definition) is 4. The number of rotatable bonds is 17. The molecular formula is C21H40N2O3. The highest BCUT2D eigenvalue weighted by molar-refractivity contribution is 5.73. The van der Waals surface area contributed by atoms with E-state index >= 15 is 0 Å². The molecular weight excluding hydrogens is 328 g/mol. The van der Waals surface area contributed by atoms with Crippen molar-refractivity contribution in [3.05, 3.63) is 24.3 Å². The summed E-state index contributed by atoms with van der Waals surface area (Å²) >= 11 is 0. The molecule has 26 heavy (non-hydrogen) atoms. The molecule has 0 aromatic carbocycles. The summed E-state index contributed by atoms with van der Waals surface area (Å²) in [6.45, 7) is 1.14. The molecule has 5 heteroatoms. The Morgan fingerprint density at radius 2 is 1.38 bits per heavy atom. The van der Waals surface area contributed by atoms with Crippen LogP contribution in [0.3, 0.4) is 0 Å². The van der Waals surface area contributed by atoms with Crippen LogP contribution in [0, 0.1) is 0 Å². The SMILES string of the molecule is CN(C)CCCCCCC(O)C=CCCC=CC(O)CCCCC(N)=O. The molecule has 0 aliphatic rings. The molecule has 0 rings (SSSR count). The number of hydrogen-bond donors (Lipinski definition) is 3. The molecule has 152 valence electrons. The van der Waals surface area contributed by atoms with Gasteiger partial charge in [0.2, 0.25) is 5.91 Å². The number of carbonyl (C=O) groups is 1. The van der Waals surface area contributed by atoms with Crippen LogP contribution >= 0.6 is 0 Å². The zero-order valence-corrected chi connectivity index (χ0v) is 16.8. The summed E-state index contributed by atoms with van der Waals surface area (Å²) in [6.07, 6.45) is 16.7. The lowest BCUT2D eigenvalue weighted by Gasteiger charge is -2.09. The largest absolute Gasteiger partial charge is 0.389 e. The van der Waals surface area contributed by atoms with Gasteiger partial charge in [0.1, 0.15) is 0 Å². The van der Waals surface area contributed by atoms with E-state index in [0.29, 0.717) is 12.8 Å². The van der Waals surface area contributed by atoms with Crippen molar-refractivity contribution < 1.29 is 15.0 Å². The number of allylic oxidation sites excluding steroid dienone is 2. The fourth-order valence-corrected chi connectivity index (χ4v) is 2.68. The lowest BCUT2D eigenvalue weighted by molar-refractivity contribution is -0.118. The van der Waals surface area contributed by atoms with Gasteiger partial charge in [-0.25, -0.2) is 0 Å². The van der Waals surface area contributed by atoms with Crippen molar-refractivity contribution in [3.63, 3.8) is 0 Å². The van der Waals surface area contributed by atoms with E-state index in [2.05, 4.69) is 19.0 Å². The second-order valence-electron chi connectivity index (χ2n) is 7.29. The van der Waals surface area contributed by atoms with Crippen LogP contribution in [-0.2, 0) is 4.79 Å². The molecule has 0 bridgehead atoms. The van der Waals surface area contributed by atoms with Gasteiger partial charge in [-0.2, -0.15) is 0 Å². The topological polar surface area (TPSA) is 86.8 Å². The summed E-state index contributed by atoms with van der Waals surface area (Å²) < 4.78 is 0. The maximum Gasteiger partial charge on any atom is 0.217 e. The smallest absolute Gasteiger partial charge is 0.217 e. The molecule has 0 saturated heterocycles. The van der Waals surface area contributed by atoms with Gasteiger partial charge in [-0.15, -0.1) is 0 Å². The van der Waals surface area contributed by atoms with E-state index < -0.39 is 6.10 Å². The van der Waals surface area contributed by atoms with Crippen molar-refractivity contribution in [3.8, 4) is 0 Å². The zero-order chi connectivity index (χ0) is 19.6. The van der Waals surface area contributed by atoms with Crippen molar-refractivity contribution in [2.75, 3.05) is 20.6 Å². The third kappa shape index (κ3) is 19.2. The number of nitrogens with zero attached hydrogens (tertiary/aromatic N) is 1. The summed E-state index contributed by atoms with van der Waals surface area (Å²) in [5, 5.41) is 19.7. The molecule has 0 saturated carbocycles. The Balaban J connectivity index is 3.55. The highest BCUT2D eigenvalue weighted by Crippen LogP contribution is 2.08. The average molecular weight is 369 g/mol. The molecule has 0 aromatic heterocycles. The minimum Gasteiger partial charge on any atom is -0.389 e. The van der Waals surface area contributed by atoms with E-state index in [4.69, 9.17) is 5.73 Å². The Morgan fingerprint density at radius 3 is 1.88 bits per heavy atom. The standard InChI is InChI=1S/C21H40N2O3/c1-23(2)18-12-6-5-9-15-19(24)13-7-3-4-8-14-20(25)16-10-11-17-21(22)26/h7-8,13-14,19-20,24-25H,3-6,9-12,15-18H2,1-2H3,(H2,22,26). The fraction of sp³-hybridized carbons (Fsp3) is 0.762. The molecule has 2 atom stereocenters. The molecule has 0 aliphatic carbocycles. The number of nitrogens with two attached hydrogens (primary N) is 1. The van der Waals surface area contributed by atoms with Crippen LogP contribution < -0.4 is 5.73 Å². The lowest BCUT2D eigenvalue weighted by atomic mass is 10.1. The van der Waals surface area contributed by atoms with Gasteiger partial charge in [0.15, 0.2) is 0 Å². The highest BCUT2D eigenvalue weighted by Gasteiger charge is 2.01. The molecule has 0 radical (unpaired) electrons. The van der Waals surface area contributed by atoms with Crippen LogP contribution in [0.1, 0.15) is 70.6 Å². The molecule has 0 heterocycles. The molecule has 1 amide bonds. The van der Waals surface area contributed by atoms with Gasteiger partial charge in [0, 0.05) is 6.42 Å². The van der Waals surface area contributed by atoms with Gasteiger partial charge >= 0.3 is 0 Å². The highest BCUT2D eigenvalue weighted by atomic mass is 16.3. The van der Waals surface area contributed by atoms with Gasteiger partial charge in [0.05, 0.1) is 12.2 Å². The maximum absolute atomic E-state index is 10.6. The summed E-state index contributed by atoms with van der Waals surface area (Å²) in [5.41, 5.74) is 5.07. The van der Waals surface area contributed by atoms with Crippen LogP contribution in [0.5, 0.6) is 0 Å². The fourth-order valence-electron chi connectivity index (χ4n) is 2.68. The van der Waals surface area contributed by atoms with Crippen molar-refractivity contribution in [2.24, 2.45) is 5.73 Å². The van der Waals surface area contributed by atoms with Crippen LogP contribution in [0.25, 0.3) is 0 Å². The summed E-state index contributed by atoms with van der Waals surface area (Å²) in [4.78, 5) is 12.8. The first-order valence-corrected chi connectivity index (χ1v) is 10.0. The van der Waals surface area contributed by atoms with E-state index in [1.165, 1.54) is 19.3 Å². The third-order valence-corrected chi connectivity index (χ3v) is 4.24. The monoisotopic (exact) mass is 368 g/mol. The zero-order valence-electron chi connectivity index (χ0n) is 16.8. The van der Waals surface area contributed by atoms with Crippen LogP contribution in [0.15, 0.2) is 24.3 Å². The number of amides is 1. The Kier molecular flexibility index (Phi) is 16.5. The Morgan fingerprint density at radius 1 is 0.885 bits per heavy atom. The van der Waals surface area contributed by atoms with Crippen LogP contribution in [0.4, 0.5) is 0 Å². The molecule has 0 fully saturated rings. The number of unbranched alkanes of at least 4 members (excludes halogenated alkanes) is 5. The second-order valence-corrected chi connectivity index (χ2v) is 7.29. The quantitative estimate of drug-likeness (QED) is 0.272. The number of aliphatic hydroxyl groups is 2. The lowest BCUT2D eigenvalue weighted by Crippen LogP contribution is -2.12. The predicted molar refractivity (Wildman–Crippen MR) is 109 cm³/mol. The van der Waals surface area contributed by atoms with E-state index in [1.54, 1.807) is 0 Å². The maximum atomic E-state index is 10.6. The van der Waals surface area contributed by atoms with Crippen LogP contribution in [0.2, 0.25) is 0 Å². The van der Waals surface area contributed by atoms with E-state index in [1.807, 2.05) is 24.3 Å². The number of aliphatic hydroxyl groups excluding tert-OH is 2. The van der Waals surface area contributed by atoms with E-state index in [9.17, 15) is 15.0 Å². The van der Waals surface area contributed by atoms with Gasteiger partial charge in [-0.1, -0.05) is 50.0 Å². The van der Waals surface area contributed by atoms with Crippen molar-refractivity contribution >= 4 is 5.91 Å². The first kappa shape index (κ1) is 24.8. The minimum atomic E-state index is -0.454. The van der Waals surface area contributed by atoms with Gasteiger partial charge in [-0.05, 0) is 59.2 Å². The molecule has 0 spiro atoms. The van der Waals surface area contributed by atoms with Gasteiger partial charge < -0.3 is 20.8 Å². The molecule has 0 aliphatic heterocycles. The summed E-state index contributed by atoms with van der Waals surface area (Å²) in [5.74, 6) is -0.284. The van der Waals surface area contributed by atoms with Gasteiger partial charge in [-0.3, -0.25) is 4.79 Å². The Hall–Kier alpha value is -1.17. The minimum absolute atomic E-state index is 0.284. The van der Waals surface area contributed by atoms with Crippen LogP contribution in [-0.4, -0.2) is 53.9 Å². The predicted octanol–water partition coefficient (Wildman–Crippen LogP) is 3.16. The van der Waals surface area contributed by atoms with Crippen molar-refractivity contribution in [2.45, 2.75) is 82.8 Å². The Bertz CT molecular complexity index is 395. The molecule has 0 aromatic rings. The normalized spacial score (nSPS) is 14.5. The van der Waals surface area contributed by atoms with E-state index in [0.717, 1.165) is 45.1 Å². The summed E-state index contributed by atoms with van der Waals surface area (Å²) in [6, 6.07) is 0. The molecule has 5 nitrogen and oxygen atoms in total. The van der Waals surface area contributed by atoms with Gasteiger partial charge in [0.25, 0.3) is 0 Å². The number of primary amides is 1. The Labute approximate surface area is 160 Å². The van der Waals surface area contributed by atoms with E-state index in [-0.39, 0.29) is 12.0 Å². The summed E-state index contributed by atoms with van der Waals surface area (Å²) in [7, 11) is 4.19. The first-order valence-electron chi connectivity index (χ1n) is 10.0. The third-order valence-electron chi connectivity index (χ3n) is 4.24. The molecule has 2 unspecified atom stereocenters. The first-order chi connectivity index (χ1) is 12.4.